The average molecular weight is 231 g/mol. The number of nitrogens with one attached hydrogen (secondary N) is 1. The lowest BCUT2D eigenvalue weighted by Gasteiger charge is -2.02. The summed E-state index contributed by atoms with van der Waals surface area (Å²) in [5, 5.41) is 3.24. The van der Waals surface area contributed by atoms with Gasteiger partial charge in [0.15, 0.2) is 11.9 Å². The Hall–Kier alpha value is -2.17. The molecule has 3 N–H and O–H groups in total. The van der Waals surface area contributed by atoms with E-state index in [4.69, 9.17) is 5.73 Å². The normalized spacial score (nSPS) is 10.2. The molecule has 0 unspecified atom stereocenters. The van der Waals surface area contributed by atoms with E-state index in [0.717, 1.165) is 12.4 Å². The van der Waals surface area contributed by atoms with Crippen LogP contribution in [0.5, 0.6) is 0 Å². The molecule has 0 fully saturated rings. The summed E-state index contributed by atoms with van der Waals surface area (Å²) in [6.07, 6.45) is 3.71. The number of hydrogen-bond donors (Lipinski definition) is 2. The average Bonchev–Trinajstić information content (AvgIpc) is 2.32. The van der Waals surface area contributed by atoms with Crippen molar-refractivity contribution in [2.24, 2.45) is 14.1 Å². The molecule has 0 aliphatic rings. The lowest BCUT2D eigenvalue weighted by Crippen LogP contribution is -2.34. The van der Waals surface area contributed by atoms with Crippen LogP contribution in [0.15, 0.2) is 36.8 Å². The van der Waals surface area contributed by atoms with E-state index in [2.05, 4.69) is 20.9 Å². The maximum absolute atomic E-state index is 5.80. The number of aromatic nitrogens is 3. The van der Waals surface area contributed by atoms with Crippen molar-refractivity contribution in [3.8, 4) is 0 Å². The Morgan fingerprint density at radius 3 is 2.82 bits per heavy atom. The van der Waals surface area contributed by atoms with Gasteiger partial charge in [-0.05, 0) is 0 Å². The van der Waals surface area contributed by atoms with Crippen LogP contribution in [-0.4, -0.2) is 4.98 Å². The van der Waals surface area contributed by atoms with Crippen molar-refractivity contribution in [2.45, 2.75) is 6.54 Å². The van der Waals surface area contributed by atoms with E-state index in [1.807, 2.05) is 38.5 Å². The molecule has 2 aromatic heterocycles. The van der Waals surface area contributed by atoms with Gasteiger partial charge in [0, 0.05) is 12.1 Å². The van der Waals surface area contributed by atoms with Crippen LogP contribution in [0.25, 0.3) is 0 Å². The van der Waals surface area contributed by atoms with Gasteiger partial charge in [0.05, 0.1) is 13.1 Å². The number of aryl methyl sites for hydroxylation is 2. The summed E-state index contributed by atoms with van der Waals surface area (Å²) in [5.74, 6) is 1.46. The Labute approximate surface area is 101 Å². The molecule has 2 aromatic rings. The van der Waals surface area contributed by atoms with Crippen molar-refractivity contribution in [3.05, 3.63) is 42.5 Å². The summed E-state index contributed by atoms with van der Waals surface area (Å²) in [6.45, 7) is 0.720. The Bertz CT molecular complexity index is 524. The first kappa shape index (κ1) is 11.3. The predicted octanol–water partition coefficient (Wildman–Crippen LogP) is -0.0751. The molecule has 0 amide bonds. The summed E-state index contributed by atoms with van der Waals surface area (Å²) in [5.41, 5.74) is 6.98. The maximum atomic E-state index is 5.80. The Morgan fingerprint density at radius 1 is 1.29 bits per heavy atom. The fourth-order valence-corrected chi connectivity index (χ4v) is 1.51. The minimum atomic E-state index is 0.680. The SMILES string of the molecule is C[n+]1cnc(NCc2cccc[n+]2C)cc1N. The molecule has 5 nitrogen and oxygen atoms in total. The molecule has 17 heavy (non-hydrogen) atoms. The van der Waals surface area contributed by atoms with Crippen molar-refractivity contribution in [2.75, 3.05) is 11.1 Å². The van der Waals surface area contributed by atoms with Gasteiger partial charge >= 0.3 is 0 Å². The highest BCUT2D eigenvalue weighted by atomic mass is 15.1. The molecule has 0 atom stereocenters. The molecule has 0 radical (unpaired) electrons. The summed E-state index contributed by atoms with van der Waals surface area (Å²) in [4.78, 5) is 4.25. The topological polar surface area (TPSA) is 58.7 Å². The van der Waals surface area contributed by atoms with Gasteiger partial charge in [0.2, 0.25) is 18.0 Å². The van der Waals surface area contributed by atoms with E-state index >= 15 is 0 Å². The second-order valence-corrected chi connectivity index (χ2v) is 3.97. The van der Waals surface area contributed by atoms with Crippen molar-refractivity contribution >= 4 is 11.6 Å². The molecule has 0 aromatic carbocycles. The second kappa shape index (κ2) is 4.78. The number of nitrogens with zero attached hydrogens (tertiary/aromatic N) is 3. The summed E-state index contributed by atoms with van der Waals surface area (Å²) < 4.78 is 3.84. The van der Waals surface area contributed by atoms with E-state index in [0.29, 0.717) is 5.82 Å². The lowest BCUT2D eigenvalue weighted by molar-refractivity contribution is -0.678. The van der Waals surface area contributed by atoms with Gasteiger partial charge in [-0.3, -0.25) is 0 Å². The van der Waals surface area contributed by atoms with E-state index in [9.17, 15) is 0 Å². The van der Waals surface area contributed by atoms with Crippen molar-refractivity contribution in [1.29, 1.82) is 0 Å². The van der Waals surface area contributed by atoms with Crippen LogP contribution in [0.4, 0.5) is 11.6 Å². The first-order chi connectivity index (χ1) is 8.16. The number of nitrogens with two attached hydrogens (primary N) is 1. The van der Waals surface area contributed by atoms with Gasteiger partial charge in [-0.25, -0.2) is 9.13 Å². The van der Waals surface area contributed by atoms with Crippen LogP contribution >= 0.6 is 0 Å². The number of hydrogen-bond acceptors (Lipinski definition) is 3. The van der Waals surface area contributed by atoms with Gasteiger partial charge in [0.1, 0.15) is 13.6 Å². The zero-order valence-electron chi connectivity index (χ0n) is 10.1. The van der Waals surface area contributed by atoms with Crippen LogP contribution in [0.2, 0.25) is 0 Å². The molecule has 2 rings (SSSR count). The highest BCUT2D eigenvalue weighted by Crippen LogP contribution is 2.04. The Balaban J connectivity index is 2.08. The molecular weight excluding hydrogens is 214 g/mol. The molecule has 0 bridgehead atoms. The van der Waals surface area contributed by atoms with E-state index in [1.54, 1.807) is 10.9 Å². The fraction of sp³-hybridized carbons (Fsp3) is 0.250. The zero-order chi connectivity index (χ0) is 12.3. The van der Waals surface area contributed by atoms with Gasteiger partial charge < -0.3 is 11.1 Å². The standard InChI is InChI=1S/C12H16N5/c1-16-6-4-3-5-10(16)8-14-12-7-11(13)17(2)9-15-12/h3-7,9H,8H2,1-2H3,(H2,13,14)/q+1/p+1. The molecule has 0 saturated carbocycles. The molecule has 0 spiro atoms. The smallest absolute Gasteiger partial charge is 0.227 e. The number of pyridine rings is 1. The van der Waals surface area contributed by atoms with Gasteiger partial charge in [-0.1, -0.05) is 11.1 Å². The molecule has 5 heteroatoms. The van der Waals surface area contributed by atoms with Gasteiger partial charge in [-0.2, -0.15) is 0 Å². The fourth-order valence-electron chi connectivity index (χ4n) is 1.51. The highest BCUT2D eigenvalue weighted by Gasteiger charge is 2.07. The predicted molar refractivity (Wildman–Crippen MR) is 64.8 cm³/mol. The third kappa shape index (κ3) is 2.69. The lowest BCUT2D eigenvalue weighted by atomic mass is 10.3. The minimum absolute atomic E-state index is 0.680. The van der Waals surface area contributed by atoms with Crippen LogP contribution in [0.1, 0.15) is 5.69 Å². The van der Waals surface area contributed by atoms with Crippen molar-refractivity contribution < 1.29 is 9.13 Å². The van der Waals surface area contributed by atoms with Crippen molar-refractivity contribution in [1.82, 2.24) is 4.98 Å². The zero-order valence-corrected chi connectivity index (χ0v) is 10.1. The van der Waals surface area contributed by atoms with Crippen LogP contribution in [-0.2, 0) is 20.6 Å². The van der Waals surface area contributed by atoms with Crippen LogP contribution in [0, 0.1) is 0 Å². The summed E-state index contributed by atoms with van der Waals surface area (Å²) in [7, 11) is 3.88. The Kier molecular flexibility index (Phi) is 3.18. The summed E-state index contributed by atoms with van der Waals surface area (Å²) in [6, 6.07) is 7.91. The van der Waals surface area contributed by atoms with Gasteiger partial charge in [0.25, 0.3) is 0 Å². The largest absolute Gasteiger partial charge is 0.346 e. The first-order valence-corrected chi connectivity index (χ1v) is 5.45. The summed E-state index contributed by atoms with van der Waals surface area (Å²) >= 11 is 0. The third-order valence-corrected chi connectivity index (χ3v) is 2.67. The number of anilines is 2. The minimum Gasteiger partial charge on any atom is -0.346 e. The second-order valence-electron chi connectivity index (χ2n) is 3.97. The highest BCUT2D eigenvalue weighted by molar-refractivity contribution is 5.40. The molecule has 0 aliphatic carbocycles. The Morgan fingerprint density at radius 2 is 2.12 bits per heavy atom. The third-order valence-electron chi connectivity index (χ3n) is 2.67. The first-order valence-electron chi connectivity index (χ1n) is 5.45. The maximum Gasteiger partial charge on any atom is 0.227 e. The molecule has 0 saturated heterocycles. The molecular formula is C12H17N5+2. The van der Waals surface area contributed by atoms with E-state index < -0.39 is 0 Å². The molecule has 2 heterocycles. The van der Waals surface area contributed by atoms with Crippen LogP contribution in [0.3, 0.4) is 0 Å². The monoisotopic (exact) mass is 231 g/mol. The van der Waals surface area contributed by atoms with E-state index in [-0.39, 0.29) is 0 Å². The van der Waals surface area contributed by atoms with Gasteiger partial charge in [-0.15, -0.1) is 0 Å². The van der Waals surface area contributed by atoms with Crippen molar-refractivity contribution in [3.63, 3.8) is 0 Å². The number of rotatable bonds is 3. The molecule has 88 valence electrons. The number of nitrogen functional groups attached to an aromatic ring is 1. The van der Waals surface area contributed by atoms with E-state index in [1.165, 1.54) is 5.69 Å². The quantitative estimate of drug-likeness (QED) is 0.727. The van der Waals surface area contributed by atoms with Crippen LogP contribution < -0.4 is 20.2 Å². The molecule has 0 aliphatic heterocycles.